The molecule has 1 aromatic rings. The molecule has 1 amide bonds. The number of hydrogen-bond donors (Lipinski definition) is 2. The molecule has 1 aromatic heterocycles. The Balaban J connectivity index is 2.44. The van der Waals surface area contributed by atoms with Crippen LogP contribution in [0.2, 0.25) is 0 Å². The van der Waals surface area contributed by atoms with Crippen molar-refractivity contribution < 1.29 is 4.79 Å². The molecule has 0 unspecified atom stereocenters. The lowest BCUT2D eigenvalue weighted by Gasteiger charge is -1.97. The second-order valence-electron chi connectivity index (χ2n) is 2.57. The first-order valence-electron chi connectivity index (χ1n) is 4.26. The van der Waals surface area contributed by atoms with Gasteiger partial charge in [0.2, 0.25) is 0 Å². The molecule has 0 aliphatic heterocycles. The fourth-order valence-electron chi connectivity index (χ4n) is 0.811. The quantitative estimate of drug-likeness (QED) is 0.526. The summed E-state index contributed by atoms with van der Waals surface area (Å²) in [5.41, 5.74) is 8.16. The van der Waals surface area contributed by atoms with Crippen LogP contribution < -0.4 is 11.2 Å². The topological polar surface area (TPSA) is 80.4 Å². The lowest BCUT2D eigenvalue weighted by atomic mass is 10.3. The van der Waals surface area contributed by atoms with Gasteiger partial charge in [-0.2, -0.15) is 5.10 Å². The van der Waals surface area contributed by atoms with E-state index >= 15 is 0 Å². The molecule has 0 radical (unpaired) electrons. The molecule has 1 rings (SSSR count). The summed E-state index contributed by atoms with van der Waals surface area (Å²) in [4.78, 5) is 15.1. The lowest BCUT2D eigenvalue weighted by molar-refractivity contribution is 0.0955. The summed E-state index contributed by atoms with van der Waals surface area (Å²) in [5, 5.41) is 3.71. The van der Waals surface area contributed by atoms with E-state index in [1.54, 1.807) is 30.7 Å². The highest BCUT2D eigenvalue weighted by Crippen LogP contribution is 1.94. The second-order valence-corrected chi connectivity index (χ2v) is 2.57. The van der Waals surface area contributed by atoms with E-state index < -0.39 is 0 Å². The standard InChI is InChI=1S/C9H12N4O/c10-4-1-5-12-13-9(14)8-2-6-11-7-3-8/h2-3,5-7H,1,4,10H2,(H,13,14)/b12-5+. The van der Waals surface area contributed by atoms with Gasteiger partial charge in [-0.3, -0.25) is 9.78 Å². The molecule has 5 nitrogen and oxygen atoms in total. The zero-order valence-corrected chi connectivity index (χ0v) is 7.68. The monoisotopic (exact) mass is 192 g/mol. The first-order valence-corrected chi connectivity index (χ1v) is 4.26. The molecule has 14 heavy (non-hydrogen) atoms. The average Bonchev–Trinajstić information content (AvgIpc) is 2.25. The first-order chi connectivity index (χ1) is 6.84. The predicted octanol–water partition coefficient (Wildman–Crippen LogP) is 0.146. The van der Waals surface area contributed by atoms with Crippen LogP contribution >= 0.6 is 0 Å². The summed E-state index contributed by atoms with van der Waals surface area (Å²) in [6, 6.07) is 3.24. The average molecular weight is 192 g/mol. The summed E-state index contributed by atoms with van der Waals surface area (Å²) in [6.45, 7) is 0.522. The fourth-order valence-corrected chi connectivity index (χ4v) is 0.811. The van der Waals surface area contributed by atoms with Crippen LogP contribution in [0.5, 0.6) is 0 Å². The Morgan fingerprint density at radius 1 is 1.57 bits per heavy atom. The summed E-state index contributed by atoms with van der Waals surface area (Å²) in [7, 11) is 0. The summed E-state index contributed by atoms with van der Waals surface area (Å²) >= 11 is 0. The van der Waals surface area contributed by atoms with Gasteiger partial charge in [-0.1, -0.05) is 0 Å². The Hall–Kier alpha value is -1.75. The van der Waals surface area contributed by atoms with Gasteiger partial charge >= 0.3 is 0 Å². The third-order valence-corrected chi connectivity index (χ3v) is 1.50. The Morgan fingerprint density at radius 2 is 2.29 bits per heavy atom. The maximum Gasteiger partial charge on any atom is 0.271 e. The summed E-state index contributed by atoms with van der Waals surface area (Å²) in [5.74, 6) is -0.249. The van der Waals surface area contributed by atoms with Crippen molar-refractivity contribution in [2.75, 3.05) is 6.54 Å². The van der Waals surface area contributed by atoms with E-state index in [1.165, 1.54) is 0 Å². The summed E-state index contributed by atoms with van der Waals surface area (Å²) in [6.07, 6.45) is 5.33. The van der Waals surface area contributed by atoms with Crippen molar-refractivity contribution in [1.29, 1.82) is 0 Å². The third kappa shape index (κ3) is 3.32. The number of nitrogens with zero attached hydrogens (tertiary/aromatic N) is 2. The van der Waals surface area contributed by atoms with Crippen LogP contribution in [-0.2, 0) is 0 Å². The van der Waals surface area contributed by atoms with E-state index in [1.807, 2.05) is 0 Å². The highest BCUT2D eigenvalue weighted by molar-refractivity contribution is 5.94. The summed E-state index contributed by atoms with van der Waals surface area (Å²) < 4.78 is 0. The normalized spacial score (nSPS) is 10.4. The molecular weight excluding hydrogens is 180 g/mol. The minimum Gasteiger partial charge on any atom is -0.330 e. The molecule has 0 atom stereocenters. The molecule has 0 aromatic carbocycles. The highest BCUT2D eigenvalue weighted by atomic mass is 16.2. The fraction of sp³-hybridized carbons (Fsp3) is 0.222. The van der Waals surface area contributed by atoms with Crippen molar-refractivity contribution in [2.45, 2.75) is 6.42 Å². The predicted molar refractivity (Wildman–Crippen MR) is 53.9 cm³/mol. The molecule has 0 bridgehead atoms. The van der Waals surface area contributed by atoms with Crippen LogP contribution in [0.25, 0.3) is 0 Å². The van der Waals surface area contributed by atoms with E-state index in [2.05, 4.69) is 15.5 Å². The molecule has 0 aliphatic rings. The van der Waals surface area contributed by atoms with E-state index in [9.17, 15) is 4.79 Å². The molecule has 3 N–H and O–H groups in total. The largest absolute Gasteiger partial charge is 0.330 e. The molecule has 0 saturated carbocycles. The molecule has 0 spiro atoms. The van der Waals surface area contributed by atoms with E-state index in [0.29, 0.717) is 18.5 Å². The molecule has 0 aliphatic carbocycles. The number of carbonyl (C=O) groups is 1. The number of amides is 1. The number of hydrazone groups is 1. The van der Waals surface area contributed by atoms with Gasteiger partial charge in [0.05, 0.1) is 0 Å². The van der Waals surface area contributed by atoms with E-state index in [0.717, 1.165) is 0 Å². The Kier molecular flexibility index (Phi) is 4.30. The maximum atomic E-state index is 11.3. The zero-order chi connectivity index (χ0) is 10.2. The van der Waals surface area contributed by atoms with Crippen LogP contribution in [0.4, 0.5) is 0 Å². The van der Waals surface area contributed by atoms with Gasteiger partial charge in [0.25, 0.3) is 5.91 Å². The van der Waals surface area contributed by atoms with Gasteiger partial charge in [-0.15, -0.1) is 0 Å². The van der Waals surface area contributed by atoms with Gasteiger partial charge in [-0.05, 0) is 25.1 Å². The van der Waals surface area contributed by atoms with Crippen molar-refractivity contribution in [2.24, 2.45) is 10.8 Å². The van der Waals surface area contributed by atoms with E-state index in [4.69, 9.17) is 5.73 Å². The Labute approximate surface area is 82.0 Å². The van der Waals surface area contributed by atoms with Gasteiger partial charge in [0.15, 0.2) is 0 Å². The number of aromatic nitrogens is 1. The SMILES string of the molecule is NCC/C=N/NC(=O)c1ccncc1. The number of hydrogen-bond acceptors (Lipinski definition) is 4. The van der Waals surface area contributed by atoms with Crippen molar-refractivity contribution in [3.05, 3.63) is 30.1 Å². The van der Waals surface area contributed by atoms with Crippen molar-refractivity contribution in [3.8, 4) is 0 Å². The van der Waals surface area contributed by atoms with Gasteiger partial charge < -0.3 is 5.73 Å². The molecule has 5 heteroatoms. The van der Waals surface area contributed by atoms with Gasteiger partial charge in [0.1, 0.15) is 0 Å². The van der Waals surface area contributed by atoms with Crippen LogP contribution in [-0.4, -0.2) is 23.7 Å². The molecule has 0 saturated heterocycles. The molecule has 1 heterocycles. The maximum absolute atomic E-state index is 11.3. The first kappa shape index (κ1) is 10.3. The van der Waals surface area contributed by atoms with Crippen molar-refractivity contribution in [3.63, 3.8) is 0 Å². The van der Waals surface area contributed by atoms with Gasteiger partial charge in [-0.25, -0.2) is 5.43 Å². The lowest BCUT2D eigenvalue weighted by Crippen LogP contribution is -2.17. The van der Waals surface area contributed by atoms with Crippen LogP contribution in [0.15, 0.2) is 29.6 Å². The van der Waals surface area contributed by atoms with Gasteiger partial charge in [0, 0.05) is 24.2 Å². The van der Waals surface area contributed by atoms with Crippen LogP contribution in [0.3, 0.4) is 0 Å². The zero-order valence-electron chi connectivity index (χ0n) is 7.68. The van der Waals surface area contributed by atoms with Crippen LogP contribution in [0.1, 0.15) is 16.8 Å². The number of pyridine rings is 1. The number of nitrogens with two attached hydrogens (primary N) is 1. The van der Waals surface area contributed by atoms with Crippen molar-refractivity contribution in [1.82, 2.24) is 10.4 Å². The smallest absolute Gasteiger partial charge is 0.271 e. The number of rotatable bonds is 4. The van der Waals surface area contributed by atoms with E-state index in [-0.39, 0.29) is 5.91 Å². The second kappa shape index (κ2) is 5.82. The highest BCUT2D eigenvalue weighted by Gasteiger charge is 2.01. The third-order valence-electron chi connectivity index (χ3n) is 1.50. The van der Waals surface area contributed by atoms with Crippen molar-refractivity contribution >= 4 is 12.1 Å². The van der Waals surface area contributed by atoms with Crippen LogP contribution in [0, 0.1) is 0 Å². The molecular formula is C9H12N4O. The molecule has 0 fully saturated rings. The minimum absolute atomic E-state index is 0.249. The Bertz CT molecular complexity index is 310. The molecule has 74 valence electrons. The Morgan fingerprint density at radius 3 is 2.93 bits per heavy atom. The number of carbonyl (C=O) groups excluding carboxylic acids is 1. The minimum atomic E-state index is -0.249. The number of nitrogens with one attached hydrogen (secondary N) is 1.